The summed E-state index contributed by atoms with van der Waals surface area (Å²) < 4.78 is 0. The molecule has 0 amide bonds. The molecular formula is C14H28N2O2. The highest BCUT2D eigenvalue weighted by Gasteiger charge is 2.30. The van der Waals surface area contributed by atoms with Crippen molar-refractivity contribution in [3.05, 3.63) is 0 Å². The second-order valence-electron chi connectivity index (χ2n) is 6.30. The van der Waals surface area contributed by atoms with Gasteiger partial charge in [-0.15, -0.1) is 0 Å². The summed E-state index contributed by atoms with van der Waals surface area (Å²) in [5.41, 5.74) is 4.65. The number of aliphatic carboxylic acids is 1. The zero-order chi connectivity index (χ0) is 13.8. The molecule has 18 heavy (non-hydrogen) atoms. The van der Waals surface area contributed by atoms with Crippen LogP contribution in [0.3, 0.4) is 0 Å². The summed E-state index contributed by atoms with van der Waals surface area (Å²) in [5.74, 6) is -0.201. The third-order valence-electron chi connectivity index (χ3n) is 3.54. The first-order chi connectivity index (χ1) is 8.33. The SMILES string of the molecule is CC(C)CN(CCCCC(C)(N)C(=O)O)C1CC1. The lowest BCUT2D eigenvalue weighted by Gasteiger charge is -2.25. The number of nitrogens with zero attached hydrogens (tertiary/aromatic N) is 1. The van der Waals surface area contributed by atoms with Crippen molar-refractivity contribution in [2.45, 2.75) is 64.5 Å². The summed E-state index contributed by atoms with van der Waals surface area (Å²) in [5, 5.41) is 8.93. The molecule has 1 aliphatic carbocycles. The molecule has 1 fully saturated rings. The van der Waals surface area contributed by atoms with E-state index in [4.69, 9.17) is 10.8 Å². The highest BCUT2D eigenvalue weighted by molar-refractivity contribution is 5.77. The predicted molar refractivity (Wildman–Crippen MR) is 73.5 cm³/mol. The first-order valence-corrected chi connectivity index (χ1v) is 7.09. The molecule has 0 spiro atoms. The highest BCUT2D eigenvalue weighted by Crippen LogP contribution is 2.28. The number of unbranched alkanes of at least 4 members (excludes halogenated alkanes) is 1. The first-order valence-electron chi connectivity index (χ1n) is 7.09. The minimum Gasteiger partial charge on any atom is -0.480 e. The Hall–Kier alpha value is -0.610. The smallest absolute Gasteiger partial charge is 0.323 e. The standard InChI is InChI=1S/C14H28N2O2/c1-11(2)10-16(12-6-7-12)9-5-4-8-14(3,15)13(17)18/h11-12H,4-10,15H2,1-3H3,(H,17,18). The predicted octanol–water partition coefficient (Wildman–Crippen LogP) is 2.08. The Morgan fingerprint density at radius 1 is 1.44 bits per heavy atom. The van der Waals surface area contributed by atoms with E-state index in [0.717, 1.165) is 32.0 Å². The van der Waals surface area contributed by atoms with Crippen LogP contribution in [-0.2, 0) is 4.79 Å². The Balaban J connectivity index is 2.21. The van der Waals surface area contributed by atoms with E-state index < -0.39 is 11.5 Å². The Morgan fingerprint density at radius 2 is 2.06 bits per heavy atom. The molecule has 4 heteroatoms. The number of carbonyl (C=O) groups is 1. The summed E-state index contributed by atoms with van der Waals surface area (Å²) in [6, 6.07) is 0.788. The normalized spacial score (nSPS) is 19.2. The molecule has 1 rings (SSSR count). The van der Waals surface area contributed by atoms with Gasteiger partial charge in [0.2, 0.25) is 0 Å². The molecule has 0 bridgehead atoms. The van der Waals surface area contributed by atoms with Crippen molar-refractivity contribution in [1.82, 2.24) is 4.90 Å². The number of hydrogen-bond acceptors (Lipinski definition) is 3. The molecule has 1 aliphatic rings. The molecule has 0 aromatic rings. The average Bonchev–Trinajstić information content (AvgIpc) is 3.05. The van der Waals surface area contributed by atoms with E-state index in [2.05, 4.69) is 18.7 Å². The van der Waals surface area contributed by atoms with Gasteiger partial charge in [0.25, 0.3) is 0 Å². The maximum absolute atomic E-state index is 10.9. The Labute approximate surface area is 111 Å². The molecule has 1 unspecified atom stereocenters. The Kier molecular flexibility index (Phi) is 5.60. The fourth-order valence-corrected chi connectivity index (χ4v) is 2.25. The largest absolute Gasteiger partial charge is 0.480 e. The van der Waals surface area contributed by atoms with Gasteiger partial charge in [0.05, 0.1) is 0 Å². The van der Waals surface area contributed by atoms with E-state index in [-0.39, 0.29) is 0 Å². The molecule has 0 radical (unpaired) electrons. The Bertz CT molecular complexity index is 273. The molecule has 0 aliphatic heterocycles. The van der Waals surface area contributed by atoms with E-state index in [1.165, 1.54) is 12.8 Å². The molecule has 1 atom stereocenters. The highest BCUT2D eigenvalue weighted by atomic mass is 16.4. The van der Waals surface area contributed by atoms with Crippen LogP contribution in [0.4, 0.5) is 0 Å². The van der Waals surface area contributed by atoms with Crippen molar-refractivity contribution in [3.8, 4) is 0 Å². The molecule has 106 valence electrons. The summed E-state index contributed by atoms with van der Waals surface area (Å²) in [6.45, 7) is 8.33. The van der Waals surface area contributed by atoms with Gasteiger partial charge in [0.1, 0.15) is 5.54 Å². The maximum atomic E-state index is 10.9. The van der Waals surface area contributed by atoms with Crippen LogP contribution in [0.1, 0.15) is 52.9 Å². The van der Waals surface area contributed by atoms with E-state index in [0.29, 0.717) is 12.3 Å². The molecule has 1 saturated carbocycles. The van der Waals surface area contributed by atoms with Crippen LogP contribution in [0.15, 0.2) is 0 Å². The molecule has 4 nitrogen and oxygen atoms in total. The van der Waals surface area contributed by atoms with Crippen molar-refractivity contribution in [3.63, 3.8) is 0 Å². The first kappa shape index (κ1) is 15.4. The van der Waals surface area contributed by atoms with Gasteiger partial charge in [-0.2, -0.15) is 0 Å². The summed E-state index contributed by atoms with van der Waals surface area (Å²) >= 11 is 0. The molecule has 0 aromatic carbocycles. The minimum atomic E-state index is -1.07. The number of hydrogen-bond donors (Lipinski definition) is 2. The monoisotopic (exact) mass is 256 g/mol. The van der Waals surface area contributed by atoms with Crippen LogP contribution in [0.2, 0.25) is 0 Å². The van der Waals surface area contributed by atoms with Crippen LogP contribution < -0.4 is 5.73 Å². The van der Waals surface area contributed by atoms with E-state index in [1.807, 2.05) is 0 Å². The van der Waals surface area contributed by atoms with Crippen molar-refractivity contribution in [1.29, 1.82) is 0 Å². The average molecular weight is 256 g/mol. The zero-order valence-corrected chi connectivity index (χ0v) is 12.0. The van der Waals surface area contributed by atoms with Crippen LogP contribution in [0.5, 0.6) is 0 Å². The lowest BCUT2D eigenvalue weighted by atomic mass is 9.96. The third kappa shape index (κ3) is 5.36. The van der Waals surface area contributed by atoms with E-state index >= 15 is 0 Å². The Morgan fingerprint density at radius 3 is 2.50 bits per heavy atom. The molecular weight excluding hydrogens is 228 g/mol. The molecule has 3 N–H and O–H groups in total. The van der Waals surface area contributed by atoms with Gasteiger partial charge in [-0.25, -0.2) is 0 Å². The van der Waals surface area contributed by atoms with Crippen LogP contribution in [0, 0.1) is 5.92 Å². The second kappa shape index (κ2) is 6.53. The molecule has 0 aromatic heterocycles. The summed E-state index contributed by atoms with van der Waals surface area (Å²) in [7, 11) is 0. The van der Waals surface area contributed by atoms with Gasteiger partial charge in [-0.1, -0.05) is 13.8 Å². The number of rotatable bonds is 9. The lowest BCUT2D eigenvalue weighted by molar-refractivity contribution is -0.142. The zero-order valence-electron chi connectivity index (χ0n) is 12.0. The second-order valence-corrected chi connectivity index (χ2v) is 6.30. The van der Waals surface area contributed by atoms with Crippen molar-refractivity contribution in [2.24, 2.45) is 11.7 Å². The number of carboxylic acids is 1. The van der Waals surface area contributed by atoms with E-state index in [9.17, 15) is 4.79 Å². The van der Waals surface area contributed by atoms with Crippen LogP contribution >= 0.6 is 0 Å². The van der Waals surface area contributed by atoms with Crippen molar-refractivity contribution < 1.29 is 9.90 Å². The van der Waals surface area contributed by atoms with E-state index in [1.54, 1.807) is 6.92 Å². The van der Waals surface area contributed by atoms with Gasteiger partial charge in [0, 0.05) is 12.6 Å². The third-order valence-corrected chi connectivity index (χ3v) is 3.54. The van der Waals surface area contributed by atoms with Gasteiger partial charge in [-0.3, -0.25) is 4.79 Å². The quantitative estimate of drug-likeness (QED) is 0.620. The molecule has 0 heterocycles. The maximum Gasteiger partial charge on any atom is 0.323 e. The van der Waals surface area contributed by atoms with Gasteiger partial charge >= 0.3 is 5.97 Å². The van der Waals surface area contributed by atoms with Crippen LogP contribution in [-0.4, -0.2) is 40.6 Å². The minimum absolute atomic E-state index is 0.558. The van der Waals surface area contributed by atoms with Crippen molar-refractivity contribution in [2.75, 3.05) is 13.1 Å². The fraction of sp³-hybridized carbons (Fsp3) is 0.929. The topological polar surface area (TPSA) is 66.6 Å². The van der Waals surface area contributed by atoms with Crippen LogP contribution in [0.25, 0.3) is 0 Å². The molecule has 0 saturated heterocycles. The van der Waals surface area contributed by atoms with Gasteiger partial charge in [0.15, 0.2) is 0 Å². The van der Waals surface area contributed by atoms with Gasteiger partial charge in [-0.05, 0) is 51.5 Å². The summed E-state index contributed by atoms with van der Waals surface area (Å²) in [4.78, 5) is 13.4. The lowest BCUT2D eigenvalue weighted by Crippen LogP contribution is -2.44. The number of nitrogens with two attached hydrogens (primary N) is 1. The fourth-order valence-electron chi connectivity index (χ4n) is 2.25. The van der Waals surface area contributed by atoms with Crippen molar-refractivity contribution >= 4 is 5.97 Å². The van der Waals surface area contributed by atoms with Gasteiger partial charge < -0.3 is 15.7 Å². The summed E-state index contributed by atoms with van der Waals surface area (Å²) in [6.07, 6.45) is 5.15. The number of carboxylic acid groups (broad SMARTS) is 1.